The van der Waals surface area contributed by atoms with Gasteiger partial charge in [-0.05, 0) is 30.3 Å². The zero-order chi connectivity index (χ0) is 38.2. The smallest absolute Gasteiger partial charge is 0.238 e. The lowest BCUT2D eigenvalue weighted by Crippen LogP contribution is -2.06. The van der Waals surface area contributed by atoms with Crippen LogP contribution in [0.25, 0.3) is 90.9 Å². The Morgan fingerprint density at radius 3 is 2.24 bits per heavy atom. The molecule has 0 aliphatic rings. The Bertz CT molecular complexity index is 3340. The lowest BCUT2D eigenvalue weighted by atomic mass is 10.1. The van der Waals surface area contributed by atoms with Crippen LogP contribution in [0.1, 0.15) is 13.7 Å². The number of rotatable bonds is 3. The van der Waals surface area contributed by atoms with E-state index in [4.69, 9.17) is 25.9 Å². The summed E-state index contributed by atoms with van der Waals surface area (Å²) in [6.07, 6.45) is 0. The van der Waals surface area contributed by atoms with Crippen LogP contribution in [0.15, 0.2) is 133 Å². The number of benzene rings is 6. The summed E-state index contributed by atoms with van der Waals surface area (Å²) in [5.41, 5.74) is 1.44. The van der Waals surface area contributed by atoms with Gasteiger partial charge in [0.1, 0.15) is 0 Å². The minimum Gasteiger partial charge on any atom is -0.277 e. The van der Waals surface area contributed by atoms with Crippen molar-refractivity contribution in [3.63, 3.8) is 0 Å². The highest BCUT2D eigenvalue weighted by molar-refractivity contribution is 7.26. The highest BCUT2D eigenvalue weighted by Crippen LogP contribution is 2.43. The summed E-state index contributed by atoms with van der Waals surface area (Å²) in [5, 5.41) is 2.38. The van der Waals surface area contributed by atoms with Crippen molar-refractivity contribution in [2.75, 3.05) is 0 Å². The number of aromatic nitrogens is 4. The Balaban J connectivity index is 1.45. The van der Waals surface area contributed by atoms with Gasteiger partial charge in [-0.25, -0.2) is 4.98 Å². The first kappa shape index (κ1) is 17.2. The molecule has 10 rings (SSSR count). The summed E-state index contributed by atoms with van der Waals surface area (Å²) in [7, 11) is 0. The van der Waals surface area contributed by atoms with Crippen molar-refractivity contribution < 1.29 is 13.7 Å². The van der Waals surface area contributed by atoms with Crippen LogP contribution in [0.4, 0.5) is 0 Å². The third-order valence-corrected chi connectivity index (χ3v) is 10.2. The quantitative estimate of drug-likeness (QED) is 0.197. The van der Waals surface area contributed by atoms with Crippen molar-refractivity contribution in [1.29, 1.82) is 0 Å². The molecule has 4 aromatic heterocycles. The van der Waals surface area contributed by atoms with E-state index in [1.54, 1.807) is 11.3 Å². The number of hydrogen-bond acceptors (Lipinski definition) is 5. The van der Waals surface area contributed by atoms with Crippen LogP contribution in [0.2, 0.25) is 0 Å². The van der Waals surface area contributed by atoms with Crippen LogP contribution in [0.3, 0.4) is 0 Å². The Kier molecular flexibility index (Phi) is 3.64. The maximum absolute atomic E-state index is 9.32. The third kappa shape index (κ3) is 3.67. The molecule has 4 nitrogen and oxygen atoms in total. The molecular formula is C39H22N4S2. The van der Waals surface area contributed by atoms with E-state index in [1.807, 2.05) is 66.7 Å². The number of fused-ring (bicyclic) bond motifs is 10. The van der Waals surface area contributed by atoms with Gasteiger partial charge >= 0.3 is 0 Å². The summed E-state index contributed by atoms with van der Waals surface area (Å²) < 4.78 is 92.7. The van der Waals surface area contributed by atoms with Gasteiger partial charge in [0.15, 0.2) is 11.6 Å². The maximum atomic E-state index is 9.32. The first-order chi connectivity index (χ1) is 26.5. The van der Waals surface area contributed by atoms with Crippen molar-refractivity contribution in [3.8, 4) is 28.7 Å². The highest BCUT2D eigenvalue weighted by Gasteiger charge is 2.22. The zero-order valence-electron chi connectivity index (χ0n) is 33.0. The number of thiophene rings is 2. The molecule has 0 saturated carbocycles. The summed E-state index contributed by atoms with van der Waals surface area (Å²) in [6.45, 7) is 0. The van der Waals surface area contributed by atoms with E-state index in [0.29, 0.717) is 11.1 Å². The van der Waals surface area contributed by atoms with Crippen LogP contribution < -0.4 is 0 Å². The Hall–Kier alpha value is -5.43. The van der Waals surface area contributed by atoms with E-state index < -0.39 is 36.3 Å². The van der Waals surface area contributed by atoms with Crippen molar-refractivity contribution in [2.24, 2.45) is 0 Å². The maximum Gasteiger partial charge on any atom is 0.238 e. The molecular weight excluding hydrogens is 589 g/mol. The van der Waals surface area contributed by atoms with Gasteiger partial charge in [-0.3, -0.25) is 4.57 Å². The van der Waals surface area contributed by atoms with Gasteiger partial charge < -0.3 is 0 Å². The Labute approximate surface area is 279 Å². The summed E-state index contributed by atoms with van der Waals surface area (Å²) >= 11 is 2.55. The monoisotopic (exact) mass is 620 g/mol. The number of hydrogen-bond donors (Lipinski definition) is 0. The number of para-hydroxylation sites is 1. The van der Waals surface area contributed by atoms with Gasteiger partial charge in [0, 0.05) is 62.2 Å². The van der Waals surface area contributed by atoms with Gasteiger partial charge in [-0.2, -0.15) is 9.97 Å². The molecule has 0 atom stereocenters. The van der Waals surface area contributed by atoms with E-state index in [1.165, 1.54) is 4.57 Å². The second-order valence-electron chi connectivity index (χ2n) is 10.5. The molecule has 10 aromatic rings. The molecule has 0 unspecified atom stereocenters. The minimum absolute atomic E-state index is 0.0152. The Morgan fingerprint density at radius 2 is 1.31 bits per heavy atom. The van der Waals surface area contributed by atoms with E-state index >= 15 is 0 Å². The van der Waals surface area contributed by atoms with Crippen LogP contribution in [-0.4, -0.2) is 19.5 Å². The van der Waals surface area contributed by atoms with Crippen molar-refractivity contribution in [3.05, 3.63) is 133 Å². The van der Waals surface area contributed by atoms with Crippen molar-refractivity contribution in [2.45, 2.75) is 0 Å². The molecule has 0 radical (unpaired) electrons. The summed E-state index contributed by atoms with van der Waals surface area (Å²) in [5.74, 6) is 0.519. The predicted octanol–water partition coefficient (Wildman–Crippen LogP) is 11.0. The molecule has 0 N–H and O–H groups in total. The molecule has 6 aromatic carbocycles. The van der Waals surface area contributed by atoms with Crippen LogP contribution in [0.5, 0.6) is 0 Å². The molecule has 0 aliphatic carbocycles. The van der Waals surface area contributed by atoms with Gasteiger partial charge in [0.25, 0.3) is 0 Å². The fraction of sp³-hybridized carbons (Fsp3) is 0. The van der Waals surface area contributed by atoms with Gasteiger partial charge in [-0.1, -0.05) is 103 Å². The lowest BCUT2D eigenvalue weighted by molar-refractivity contribution is 0.956. The minimum atomic E-state index is -0.530. The topological polar surface area (TPSA) is 43.6 Å². The van der Waals surface area contributed by atoms with E-state index in [9.17, 15) is 2.74 Å². The van der Waals surface area contributed by atoms with E-state index in [-0.39, 0.29) is 83.7 Å². The SMILES string of the molecule is [2H]c1c([2H])c([2H])c2c(sc3c([2H])c([2H])c4c5c([2H])c([2H])c([2H])c([2H])c5n(-c5nc(-c6ccccc6)nc(-c6cccc7c6sc6ccccc67)n5)c4c32)c1[2H]. The molecule has 0 saturated heterocycles. The first-order valence-corrected chi connectivity index (χ1v) is 15.7. The van der Waals surface area contributed by atoms with Crippen molar-refractivity contribution in [1.82, 2.24) is 19.5 Å². The van der Waals surface area contributed by atoms with Crippen LogP contribution in [0, 0.1) is 0 Å². The lowest BCUT2D eigenvalue weighted by Gasteiger charge is -2.12. The average Bonchev–Trinajstić information content (AvgIpc) is 3.90. The molecule has 4 heterocycles. The molecule has 0 fully saturated rings. The zero-order valence-corrected chi connectivity index (χ0v) is 24.7. The normalized spacial score (nSPS) is 15.1. The van der Waals surface area contributed by atoms with E-state index in [2.05, 4.69) is 6.07 Å². The fourth-order valence-corrected chi connectivity index (χ4v) is 8.21. The van der Waals surface area contributed by atoms with E-state index in [0.717, 1.165) is 31.5 Å². The third-order valence-electron chi connectivity index (χ3n) is 7.97. The summed E-state index contributed by atoms with van der Waals surface area (Å²) in [6, 6.07) is 19.1. The second kappa shape index (κ2) is 9.53. The standard InChI is InChI=1S/C39H22N4S2/c1-2-11-23(12-3-1)37-40-38(29-17-10-16-27-25-14-5-8-19-31(25)45-36(27)29)42-39(41-37)43-30-18-7-4-13-24(30)26-21-22-33-34(35(26)43)28-15-6-9-20-32(28)44-33/h1-22H/i4D,6D,7D,9D,13D,15D,18D,20D,21D,22D. The molecule has 0 aliphatic heterocycles. The molecule has 0 amide bonds. The van der Waals surface area contributed by atoms with Crippen LogP contribution in [-0.2, 0) is 0 Å². The molecule has 210 valence electrons. The molecule has 0 spiro atoms. The Morgan fingerprint density at radius 1 is 0.533 bits per heavy atom. The predicted molar refractivity (Wildman–Crippen MR) is 191 cm³/mol. The van der Waals surface area contributed by atoms with Gasteiger partial charge in [0.2, 0.25) is 5.95 Å². The van der Waals surface area contributed by atoms with Gasteiger partial charge in [-0.15, -0.1) is 22.7 Å². The fourth-order valence-electron chi connectivity index (χ4n) is 6.03. The molecule has 45 heavy (non-hydrogen) atoms. The largest absolute Gasteiger partial charge is 0.277 e. The van der Waals surface area contributed by atoms with Crippen LogP contribution >= 0.6 is 22.7 Å². The number of nitrogens with zero attached hydrogens (tertiary/aromatic N) is 4. The highest BCUT2D eigenvalue weighted by atomic mass is 32.1. The molecule has 0 bridgehead atoms. The van der Waals surface area contributed by atoms with Gasteiger partial charge in [0.05, 0.1) is 24.7 Å². The molecule has 6 heteroatoms. The second-order valence-corrected chi connectivity index (χ2v) is 12.5. The summed E-state index contributed by atoms with van der Waals surface area (Å²) in [4.78, 5) is 15.0. The van der Waals surface area contributed by atoms with Crippen molar-refractivity contribution >= 4 is 84.8 Å². The first-order valence-electron chi connectivity index (χ1n) is 19.1. The average molecular weight is 621 g/mol.